The molecule has 0 spiro atoms. The van der Waals surface area contributed by atoms with Gasteiger partial charge in [0.1, 0.15) is 36.6 Å². The van der Waals surface area contributed by atoms with E-state index in [4.69, 9.17) is 9.47 Å². The number of unbranched alkanes of at least 4 members (excludes halogenated alkanes) is 22. The van der Waals surface area contributed by atoms with Gasteiger partial charge in [0.15, 0.2) is 6.29 Å². The second-order valence-electron chi connectivity index (χ2n) is 15.1. The quantitative estimate of drug-likeness (QED) is 0.0390. The van der Waals surface area contributed by atoms with Crippen LogP contribution in [-0.2, 0) is 14.3 Å². The van der Waals surface area contributed by atoms with Gasteiger partial charge in [-0.05, 0) is 12.8 Å². The number of aliphatic hydroxyl groups is 7. The Hall–Kier alpha value is -0.890. The van der Waals surface area contributed by atoms with E-state index in [-0.39, 0.29) is 6.42 Å². The first-order valence-corrected chi connectivity index (χ1v) is 20.9. The van der Waals surface area contributed by atoms with Crippen LogP contribution in [0.2, 0.25) is 0 Å². The van der Waals surface area contributed by atoms with Crippen LogP contribution in [0, 0.1) is 0 Å². The van der Waals surface area contributed by atoms with Crippen LogP contribution < -0.4 is 5.32 Å². The summed E-state index contributed by atoms with van der Waals surface area (Å²) in [6, 6.07) is -1.16. The van der Waals surface area contributed by atoms with E-state index < -0.39 is 74.2 Å². The molecule has 1 aliphatic heterocycles. The number of carbonyl (C=O) groups is 1. The molecule has 304 valence electrons. The zero-order valence-electron chi connectivity index (χ0n) is 32.4. The molecule has 1 saturated heterocycles. The smallest absolute Gasteiger partial charge is 0.249 e. The first-order valence-electron chi connectivity index (χ1n) is 20.9. The molecule has 11 heteroatoms. The molecule has 1 heterocycles. The van der Waals surface area contributed by atoms with Crippen LogP contribution >= 0.6 is 0 Å². The van der Waals surface area contributed by atoms with E-state index in [1.165, 1.54) is 103 Å². The van der Waals surface area contributed by atoms with E-state index in [0.717, 1.165) is 38.5 Å². The number of aliphatic hydroxyl groups excluding tert-OH is 7. The third kappa shape index (κ3) is 22.2. The van der Waals surface area contributed by atoms with Crippen LogP contribution in [0.1, 0.15) is 181 Å². The fourth-order valence-electron chi connectivity index (χ4n) is 6.85. The SMILES string of the molecule is CCCCCCCCCCCCCCCC(O)C(=O)NC(COC1OC(CO)C(O)C(O)C1O)C(O)C(O)CCCCCCCCCCCCC. The third-order valence-corrected chi connectivity index (χ3v) is 10.4. The van der Waals surface area contributed by atoms with Crippen LogP contribution in [0.4, 0.5) is 0 Å². The van der Waals surface area contributed by atoms with E-state index >= 15 is 0 Å². The van der Waals surface area contributed by atoms with Crippen molar-refractivity contribution in [1.29, 1.82) is 0 Å². The van der Waals surface area contributed by atoms with Gasteiger partial charge in [-0.2, -0.15) is 0 Å². The minimum atomic E-state index is -1.65. The second-order valence-corrected chi connectivity index (χ2v) is 15.1. The molecule has 0 bridgehead atoms. The molecular formula is C40H79NO10. The average Bonchev–Trinajstić information content (AvgIpc) is 3.13. The summed E-state index contributed by atoms with van der Waals surface area (Å²) in [5.41, 5.74) is 0. The highest BCUT2D eigenvalue weighted by atomic mass is 16.7. The monoisotopic (exact) mass is 734 g/mol. The Morgan fingerprint density at radius 2 is 1.02 bits per heavy atom. The van der Waals surface area contributed by atoms with Gasteiger partial charge in [-0.3, -0.25) is 4.79 Å². The van der Waals surface area contributed by atoms with Gasteiger partial charge in [-0.25, -0.2) is 0 Å². The first-order chi connectivity index (χ1) is 24.7. The highest BCUT2D eigenvalue weighted by Crippen LogP contribution is 2.23. The molecule has 9 atom stereocenters. The second kappa shape index (κ2) is 31.5. The Labute approximate surface area is 309 Å². The predicted octanol–water partition coefficient (Wildman–Crippen LogP) is 5.55. The zero-order valence-corrected chi connectivity index (χ0v) is 32.4. The first kappa shape index (κ1) is 48.1. The Morgan fingerprint density at radius 3 is 1.45 bits per heavy atom. The maximum absolute atomic E-state index is 13.0. The van der Waals surface area contributed by atoms with Crippen molar-refractivity contribution >= 4 is 5.91 Å². The molecule has 8 N–H and O–H groups in total. The Morgan fingerprint density at radius 1 is 0.608 bits per heavy atom. The third-order valence-electron chi connectivity index (χ3n) is 10.4. The Kier molecular flexibility index (Phi) is 29.7. The molecule has 1 aliphatic rings. The van der Waals surface area contributed by atoms with Crippen molar-refractivity contribution < 1.29 is 50.0 Å². The molecule has 1 amide bonds. The summed E-state index contributed by atoms with van der Waals surface area (Å²) < 4.78 is 11.0. The van der Waals surface area contributed by atoms with E-state index in [0.29, 0.717) is 19.3 Å². The average molecular weight is 734 g/mol. The summed E-state index contributed by atoms with van der Waals surface area (Å²) in [4.78, 5) is 13.0. The highest BCUT2D eigenvalue weighted by molar-refractivity contribution is 5.80. The summed E-state index contributed by atoms with van der Waals surface area (Å²) in [6.07, 6.45) is 17.3. The minimum absolute atomic E-state index is 0.265. The van der Waals surface area contributed by atoms with Crippen molar-refractivity contribution in [2.24, 2.45) is 0 Å². The van der Waals surface area contributed by atoms with Gasteiger partial charge in [0.2, 0.25) is 5.91 Å². The molecule has 9 unspecified atom stereocenters. The van der Waals surface area contributed by atoms with Gasteiger partial charge in [0.05, 0.1) is 25.4 Å². The van der Waals surface area contributed by atoms with Crippen LogP contribution in [0.5, 0.6) is 0 Å². The molecule has 1 fully saturated rings. The molecule has 0 radical (unpaired) electrons. The lowest BCUT2D eigenvalue weighted by atomic mass is 9.98. The summed E-state index contributed by atoms with van der Waals surface area (Å²) in [5, 5.41) is 75.3. The standard InChI is InChI=1S/C40H79NO10/c1-3-5-7-9-11-13-15-16-18-20-22-24-26-28-33(44)39(49)41-31(30-50-40-38(48)37(47)36(46)34(29-42)51-40)35(45)32(43)27-25-23-21-19-17-14-12-10-8-6-4-2/h31-38,40,42-48H,3-30H2,1-2H3,(H,41,49). The number of rotatable bonds is 34. The number of hydrogen-bond donors (Lipinski definition) is 8. The molecule has 51 heavy (non-hydrogen) atoms. The molecular weight excluding hydrogens is 654 g/mol. The van der Waals surface area contributed by atoms with E-state index in [2.05, 4.69) is 19.2 Å². The van der Waals surface area contributed by atoms with E-state index in [1.807, 2.05) is 0 Å². The zero-order chi connectivity index (χ0) is 37.7. The van der Waals surface area contributed by atoms with Gasteiger partial charge in [0, 0.05) is 0 Å². The van der Waals surface area contributed by atoms with E-state index in [1.54, 1.807) is 0 Å². The number of hydrogen-bond acceptors (Lipinski definition) is 10. The molecule has 0 aromatic rings. The number of carbonyl (C=O) groups excluding carboxylic acids is 1. The normalized spacial score (nSPS) is 23.2. The van der Waals surface area contributed by atoms with Crippen LogP contribution in [0.15, 0.2) is 0 Å². The van der Waals surface area contributed by atoms with Crippen molar-refractivity contribution in [3.05, 3.63) is 0 Å². The van der Waals surface area contributed by atoms with Crippen LogP contribution in [0.25, 0.3) is 0 Å². The highest BCUT2D eigenvalue weighted by Gasteiger charge is 2.44. The van der Waals surface area contributed by atoms with Crippen molar-refractivity contribution in [3.8, 4) is 0 Å². The lowest BCUT2D eigenvalue weighted by Gasteiger charge is -2.40. The van der Waals surface area contributed by atoms with Gasteiger partial charge < -0.3 is 50.5 Å². The lowest BCUT2D eigenvalue weighted by molar-refractivity contribution is -0.303. The van der Waals surface area contributed by atoms with Crippen LogP contribution in [-0.4, -0.2) is 110 Å². The largest absolute Gasteiger partial charge is 0.394 e. The van der Waals surface area contributed by atoms with Gasteiger partial charge in [-0.1, -0.05) is 168 Å². The molecule has 0 aromatic carbocycles. The fourth-order valence-corrected chi connectivity index (χ4v) is 6.85. The molecule has 0 aliphatic carbocycles. The minimum Gasteiger partial charge on any atom is -0.394 e. The molecule has 0 aromatic heterocycles. The van der Waals surface area contributed by atoms with Gasteiger partial charge in [-0.15, -0.1) is 0 Å². The van der Waals surface area contributed by atoms with Crippen molar-refractivity contribution in [2.45, 2.75) is 236 Å². The Balaban J connectivity index is 2.52. The molecule has 1 rings (SSSR count). The maximum Gasteiger partial charge on any atom is 0.249 e. The Bertz CT molecular complexity index is 805. The summed E-state index contributed by atoms with van der Waals surface area (Å²) in [6.45, 7) is 3.41. The summed E-state index contributed by atoms with van der Waals surface area (Å²) in [5.74, 6) is -0.697. The topological polar surface area (TPSA) is 189 Å². The summed E-state index contributed by atoms with van der Waals surface area (Å²) >= 11 is 0. The van der Waals surface area contributed by atoms with Crippen molar-refractivity contribution in [3.63, 3.8) is 0 Å². The maximum atomic E-state index is 13.0. The summed E-state index contributed by atoms with van der Waals surface area (Å²) in [7, 11) is 0. The van der Waals surface area contributed by atoms with Gasteiger partial charge in [0.25, 0.3) is 0 Å². The molecule has 11 nitrogen and oxygen atoms in total. The molecule has 0 saturated carbocycles. The van der Waals surface area contributed by atoms with Crippen molar-refractivity contribution in [2.75, 3.05) is 13.2 Å². The lowest BCUT2D eigenvalue weighted by Crippen LogP contribution is -2.60. The predicted molar refractivity (Wildman–Crippen MR) is 201 cm³/mol. The van der Waals surface area contributed by atoms with Gasteiger partial charge >= 0.3 is 0 Å². The number of amides is 1. The van der Waals surface area contributed by atoms with Crippen molar-refractivity contribution in [1.82, 2.24) is 5.32 Å². The van der Waals surface area contributed by atoms with Crippen LogP contribution in [0.3, 0.4) is 0 Å². The fraction of sp³-hybridized carbons (Fsp3) is 0.975. The van der Waals surface area contributed by atoms with E-state index in [9.17, 15) is 40.5 Å². The number of ether oxygens (including phenoxy) is 2. The number of nitrogens with one attached hydrogen (secondary N) is 1.